The largest absolute Gasteiger partial charge is 0.497 e. The second-order valence-electron chi connectivity index (χ2n) is 7.60. The van der Waals surface area contributed by atoms with Crippen LogP contribution in [0.15, 0.2) is 71.6 Å². The molecule has 0 aliphatic carbocycles. The van der Waals surface area contributed by atoms with E-state index in [4.69, 9.17) is 16.3 Å². The first kappa shape index (κ1) is 24.1. The molecule has 0 aliphatic rings. The second-order valence-corrected chi connectivity index (χ2v) is 10.9. The predicted octanol–water partition coefficient (Wildman–Crippen LogP) is 6.34. The van der Waals surface area contributed by atoms with Gasteiger partial charge in [-0.05, 0) is 85.5 Å². The van der Waals surface area contributed by atoms with Crippen molar-refractivity contribution in [2.45, 2.75) is 18.7 Å². The van der Waals surface area contributed by atoms with Crippen LogP contribution in [0.25, 0.3) is 10.1 Å². The second kappa shape index (κ2) is 9.66. The standard InChI is InChI=1S/C25H23ClN2O4S2/c1-4-28(34(30,31)21-10-8-20(32-3)9-11-21)19-7-12-23-17(13-19)14-24(33-23)25(29)27-18-6-5-16(2)22(26)15-18/h5-15H,4H2,1-3H3,(H,27,29). The summed E-state index contributed by atoms with van der Waals surface area (Å²) in [5.41, 5.74) is 2.07. The average molecular weight is 515 g/mol. The van der Waals surface area contributed by atoms with Gasteiger partial charge < -0.3 is 10.1 Å². The van der Waals surface area contributed by atoms with Gasteiger partial charge in [0, 0.05) is 22.0 Å². The highest BCUT2D eigenvalue weighted by molar-refractivity contribution is 7.92. The summed E-state index contributed by atoms with van der Waals surface area (Å²) < 4.78 is 33.9. The van der Waals surface area contributed by atoms with Crippen LogP contribution in [-0.2, 0) is 10.0 Å². The number of amides is 1. The van der Waals surface area contributed by atoms with Crippen LogP contribution in [0, 0.1) is 6.92 Å². The van der Waals surface area contributed by atoms with E-state index in [2.05, 4.69) is 5.32 Å². The van der Waals surface area contributed by atoms with E-state index in [0.717, 1.165) is 15.6 Å². The van der Waals surface area contributed by atoms with Crippen molar-refractivity contribution < 1.29 is 17.9 Å². The van der Waals surface area contributed by atoms with Crippen LogP contribution >= 0.6 is 22.9 Å². The SMILES string of the molecule is CCN(c1ccc2sc(C(=O)Nc3ccc(C)c(Cl)c3)cc2c1)S(=O)(=O)c1ccc(OC)cc1. The third kappa shape index (κ3) is 4.75. The van der Waals surface area contributed by atoms with E-state index in [1.54, 1.807) is 49.4 Å². The average Bonchev–Trinajstić information content (AvgIpc) is 3.25. The first-order valence-corrected chi connectivity index (χ1v) is 13.1. The lowest BCUT2D eigenvalue weighted by Crippen LogP contribution is -2.30. The van der Waals surface area contributed by atoms with Gasteiger partial charge in [0.15, 0.2) is 0 Å². The molecule has 0 saturated heterocycles. The Bertz CT molecular complexity index is 1460. The zero-order valence-electron chi connectivity index (χ0n) is 18.8. The van der Waals surface area contributed by atoms with E-state index < -0.39 is 10.0 Å². The van der Waals surface area contributed by atoms with Crippen molar-refractivity contribution in [1.82, 2.24) is 0 Å². The van der Waals surface area contributed by atoms with Gasteiger partial charge in [-0.25, -0.2) is 8.42 Å². The van der Waals surface area contributed by atoms with Gasteiger partial charge in [0.05, 0.1) is 22.6 Å². The van der Waals surface area contributed by atoms with Crippen LogP contribution in [0.3, 0.4) is 0 Å². The summed E-state index contributed by atoms with van der Waals surface area (Å²) >= 11 is 7.50. The molecule has 0 aliphatic heterocycles. The summed E-state index contributed by atoms with van der Waals surface area (Å²) in [6.45, 7) is 3.93. The topological polar surface area (TPSA) is 75.7 Å². The van der Waals surface area contributed by atoms with E-state index in [1.165, 1.54) is 34.9 Å². The van der Waals surface area contributed by atoms with Gasteiger partial charge in [0.25, 0.3) is 15.9 Å². The molecule has 0 radical (unpaired) electrons. The van der Waals surface area contributed by atoms with Crippen molar-refractivity contribution in [3.8, 4) is 5.75 Å². The fraction of sp³-hybridized carbons (Fsp3) is 0.160. The predicted molar refractivity (Wildman–Crippen MR) is 139 cm³/mol. The Morgan fingerprint density at radius 2 is 1.79 bits per heavy atom. The molecule has 0 bridgehead atoms. The molecular formula is C25H23ClN2O4S2. The van der Waals surface area contributed by atoms with Crippen molar-refractivity contribution in [1.29, 1.82) is 0 Å². The maximum absolute atomic E-state index is 13.3. The number of thiophene rings is 1. The van der Waals surface area contributed by atoms with Gasteiger partial charge in [0.2, 0.25) is 0 Å². The summed E-state index contributed by atoms with van der Waals surface area (Å²) in [6, 6.07) is 18.8. The number of ether oxygens (including phenoxy) is 1. The van der Waals surface area contributed by atoms with Crippen molar-refractivity contribution >= 4 is 60.3 Å². The molecule has 1 N–H and O–H groups in total. The summed E-state index contributed by atoms with van der Waals surface area (Å²) in [7, 11) is -2.24. The molecule has 0 fully saturated rings. The Morgan fingerprint density at radius 3 is 2.44 bits per heavy atom. The fourth-order valence-corrected chi connectivity index (χ4v) is 6.11. The number of nitrogens with one attached hydrogen (secondary N) is 1. The number of aryl methyl sites for hydroxylation is 1. The Hall–Kier alpha value is -3.07. The molecule has 0 unspecified atom stereocenters. The molecule has 9 heteroatoms. The number of carbonyl (C=O) groups is 1. The molecule has 0 spiro atoms. The minimum Gasteiger partial charge on any atom is -0.497 e. The zero-order valence-corrected chi connectivity index (χ0v) is 21.2. The highest BCUT2D eigenvalue weighted by Crippen LogP contribution is 2.32. The van der Waals surface area contributed by atoms with Crippen LogP contribution < -0.4 is 14.4 Å². The van der Waals surface area contributed by atoms with E-state index in [-0.39, 0.29) is 17.3 Å². The lowest BCUT2D eigenvalue weighted by atomic mass is 10.2. The number of methoxy groups -OCH3 is 1. The molecule has 1 heterocycles. The Balaban J connectivity index is 1.62. The minimum absolute atomic E-state index is 0.178. The van der Waals surface area contributed by atoms with Gasteiger partial charge >= 0.3 is 0 Å². The van der Waals surface area contributed by atoms with Gasteiger partial charge in [-0.15, -0.1) is 11.3 Å². The maximum atomic E-state index is 13.3. The lowest BCUT2D eigenvalue weighted by Gasteiger charge is -2.23. The number of hydrogen-bond donors (Lipinski definition) is 1. The van der Waals surface area contributed by atoms with E-state index >= 15 is 0 Å². The molecule has 4 rings (SSSR count). The number of anilines is 2. The monoisotopic (exact) mass is 514 g/mol. The minimum atomic E-state index is -3.77. The number of halogens is 1. The van der Waals surface area contributed by atoms with Crippen molar-refractivity contribution in [2.24, 2.45) is 0 Å². The number of sulfonamides is 1. The maximum Gasteiger partial charge on any atom is 0.265 e. The van der Waals surface area contributed by atoms with Crippen LogP contribution in [0.1, 0.15) is 22.2 Å². The number of carbonyl (C=O) groups excluding carboxylic acids is 1. The zero-order chi connectivity index (χ0) is 24.5. The number of benzene rings is 3. The van der Waals surface area contributed by atoms with E-state index in [9.17, 15) is 13.2 Å². The third-order valence-corrected chi connectivity index (χ3v) is 8.82. The quantitative estimate of drug-likeness (QED) is 0.312. The van der Waals surface area contributed by atoms with Gasteiger partial charge in [-0.1, -0.05) is 17.7 Å². The molecule has 3 aromatic carbocycles. The van der Waals surface area contributed by atoms with Crippen LogP contribution in [0.2, 0.25) is 5.02 Å². The number of fused-ring (bicyclic) bond motifs is 1. The van der Waals surface area contributed by atoms with E-state index in [0.29, 0.717) is 27.0 Å². The number of hydrogen-bond acceptors (Lipinski definition) is 5. The van der Waals surface area contributed by atoms with Crippen LogP contribution in [0.4, 0.5) is 11.4 Å². The van der Waals surface area contributed by atoms with Crippen LogP contribution in [-0.4, -0.2) is 28.0 Å². The number of rotatable bonds is 7. The van der Waals surface area contributed by atoms with Gasteiger partial charge in [-0.3, -0.25) is 9.10 Å². The molecule has 0 atom stereocenters. The Morgan fingerprint density at radius 1 is 1.06 bits per heavy atom. The summed E-state index contributed by atoms with van der Waals surface area (Å²) in [5.74, 6) is 0.335. The van der Waals surface area contributed by atoms with E-state index in [1.807, 2.05) is 19.1 Å². The molecule has 6 nitrogen and oxygen atoms in total. The smallest absolute Gasteiger partial charge is 0.265 e. The molecular weight excluding hydrogens is 492 g/mol. The summed E-state index contributed by atoms with van der Waals surface area (Å²) in [6.07, 6.45) is 0. The summed E-state index contributed by atoms with van der Waals surface area (Å²) in [5, 5.41) is 4.23. The van der Waals surface area contributed by atoms with Crippen molar-refractivity contribution in [2.75, 3.05) is 23.3 Å². The van der Waals surface area contributed by atoms with Crippen molar-refractivity contribution in [3.63, 3.8) is 0 Å². The first-order valence-electron chi connectivity index (χ1n) is 10.5. The molecule has 1 amide bonds. The third-order valence-electron chi connectivity index (χ3n) is 5.38. The molecule has 1 aromatic heterocycles. The Kier molecular flexibility index (Phi) is 6.84. The molecule has 4 aromatic rings. The summed E-state index contributed by atoms with van der Waals surface area (Å²) in [4.78, 5) is 13.5. The highest BCUT2D eigenvalue weighted by Gasteiger charge is 2.24. The lowest BCUT2D eigenvalue weighted by molar-refractivity contribution is 0.103. The normalized spacial score (nSPS) is 11.4. The molecule has 34 heavy (non-hydrogen) atoms. The molecule has 176 valence electrons. The van der Waals surface area contributed by atoms with Gasteiger partial charge in [-0.2, -0.15) is 0 Å². The fourth-order valence-electron chi connectivity index (χ4n) is 3.53. The first-order chi connectivity index (χ1) is 16.2. The molecule has 0 saturated carbocycles. The van der Waals surface area contributed by atoms with Crippen molar-refractivity contribution in [3.05, 3.63) is 82.2 Å². The van der Waals surface area contributed by atoms with Gasteiger partial charge in [0.1, 0.15) is 5.75 Å². The highest BCUT2D eigenvalue weighted by atomic mass is 35.5. The van der Waals surface area contributed by atoms with Crippen LogP contribution in [0.5, 0.6) is 5.75 Å². The Labute approximate surface area is 207 Å². The number of nitrogens with zero attached hydrogens (tertiary/aromatic N) is 1.